The molecule has 1 aliphatic heterocycles. The zero-order valence-corrected chi connectivity index (χ0v) is 13.8. The number of halogens is 1. The van der Waals surface area contributed by atoms with Crippen LogP contribution in [0.5, 0.6) is 11.5 Å². The highest BCUT2D eigenvalue weighted by atomic mass is 19.1. The molecule has 0 saturated heterocycles. The second-order valence-corrected chi connectivity index (χ2v) is 6.01. The van der Waals surface area contributed by atoms with Crippen molar-refractivity contribution in [3.8, 4) is 11.5 Å². The summed E-state index contributed by atoms with van der Waals surface area (Å²) in [6.45, 7) is 1.44. The van der Waals surface area contributed by atoms with Gasteiger partial charge in [0.15, 0.2) is 11.5 Å². The third kappa shape index (κ3) is 4.70. The zero-order chi connectivity index (χ0) is 17.6. The van der Waals surface area contributed by atoms with Crippen LogP contribution >= 0.6 is 0 Å². The average Bonchev–Trinajstić information content (AvgIpc) is 2.62. The average molecular weight is 344 g/mol. The van der Waals surface area contributed by atoms with Crippen LogP contribution in [0.25, 0.3) is 0 Å². The molecule has 0 unspecified atom stereocenters. The minimum absolute atomic E-state index is 0.138. The van der Waals surface area contributed by atoms with E-state index in [9.17, 15) is 9.18 Å². The Morgan fingerprint density at radius 3 is 2.72 bits per heavy atom. The highest BCUT2D eigenvalue weighted by Crippen LogP contribution is 2.30. The first-order valence-corrected chi connectivity index (χ1v) is 8.26. The number of amides is 1. The molecule has 25 heavy (non-hydrogen) atoms. The van der Waals surface area contributed by atoms with Gasteiger partial charge in [-0.15, -0.1) is 0 Å². The smallest absolute Gasteiger partial charge is 0.221 e. The van der Waals surface area contributed by atoms with E-state index in [4.69, 9.17) is 15.2 Å². The van der Waals surface area contributed by atoms with Crippen molar-refractivity contribution in [2.75, 3.05) is 13.2 Å². The molecule has 5 nitrogen and oxygen atoms in total. The molecule has 1 aliphatic rings. The van der Waals surface area contributed by atoms with Crippen LogP contribution in [-0.2, 0) is 17.8 Å². The normalized spacial score (nSPS) is 14.0. The summed E-state index contributed by atoms with van der Waals surface area (Å²) < 4.78 is 24.6. The Morgan fingerprint density at radius 2 is 1.92 bits per heavy atom. The number of nitrogens with one attached hydrogen (secondary N) is 1. The number of hydrogen-bond acceptors (Lipinski definition) is 4. The topological polar surface area (TPSA) is 73.6 Å². The fourth-order valence-electron chi connectivity index (χ4n) is 2.73. The van der Waals surface area contributed by atoms with Crippen molar-refractivity contribution in [3.05, 3.63) is 59.4 Å². The van der Waals surface area contributed by atoms with E-state index < -0.39 is 6.04 Å². The van der Waals surface area contributed by atoms with Crippen molar-refractivity contribution in [1.29, 1.82) is 0 Å². The number of rotatable bonds is 6. The number of hydrogen-bond donors (Lipinski definition) is 2. The second-order valence-electron chi connectivity index (χ2n) is 6.01. The van der Waals surface area contributed by atoms with Crippen LogP contribution in [0.2, 0.25) is 0 Å². The van der Waals surface area contributed by atoms with Gasteiger partial charge in [0, 0.05) is 19.0 Å². The van der Waals surface area contributed by atoms with Crippen LogP contribution in [0.1, 0.15) is 17.5 Å². The van der Waals surface area contributed by atoms with E-state index in [2.05, 4.69) is 5.32 Å². The second kappa shape index (κ2) is 7.98. The van der Waals surface area contributed by atoms with Gasteiger partial charge in [0.25, 0.3) is 0 Å². The lowest BCUT2D eigenvalue weighted by molar-refractivity contribution is -0.121. The van der Waals surface area contributed by atoms with Gasteiger partial charge in [-0.2, -0.15) is 0 Å². The van der Waals surface area contributed by atoms with Gasteiger partial charge in [-0.3, -0.25) is 4.79 Å². The number of nitrogens with two attached hydrogens (primary N) is 1. The Morgan fingerprint density at radius 1 is 1.16 bits per heavy atom. The van der Waals surface area contributed by atoms with Crippen molar-refractivity contribution in [2.45, 2.75) is 25.4 Å². The number of benzene rings is 2. The molecule has 6 heteroatoms. The molecule has 0 radical (unpaired) electrons. The van der Waals surface area contributed by atoms with Crippen LogP contribution in [0.15, 0.2) is 42.5 Å². The Kier molecular flexibility index (Phi) is 5.50. The Hall–Kier alpha value is -2.60. The highest BCUT2D eigenvalue weighted by Gasteiger charge is 2.14. The number of fused-ring (bicyclic) bond motifs is 1. The summed E-state index contributed by atoms with van der Waals surface area (Å²) in [6, 6.07) is 11.6. The van der Waals surface area contributed by atoms with Gasteiger partial charge in [0.05, 0.1) is 0 Å². The molecule has 0 bridgehead atoms. The van der Waals surface area contributed by atoms with Crippen LogP contribution in [0.4, 0.5) is 4.39 Å². The minimum atomic E-state index is -0.433. The summed E-state index contributed by atoms with van der Waals surface area (Å²) in [7, 11) is 0. The summed E-state index contributed by atoms with van der Waals surface area (Å²) >= 11 is 0. The summed E-state index contributed by atoms with van der Waals surface area (Å²) in [5.74, 6) is 0.941. The number of carbonyl (C=O) groups excluding carboxylic acids is 1. The molecule has 2 aromatic carbocycles. The third-order valence-electron chi connectivity index (χ3n) is 3.98. The van der Waals surface area contributed by atoms with Crippen LogP contribution in [0, 0.1) is 5.82 Å². The Balaban J connectivity index is 1.48. The Labute approximate surface area is 145 Å². The van der Waals surface area contributed by atoms with Crippen LogP contribution < -0.4 is 20.5 Å². The monoisotopic (exact) mass is 344 g/mol. The minimum Gasteiger partial charge on any atom is -0.486 e. The SMILES string of the molecule is N[C@@H](CC(=O)NCc1ccc2c(c1)OCCO2)Cc1ccccc1F. The number of carbonyl (C=O) groups is 1. The first kappa shape index (κ1) is 17.2. The molecule has 0 aliphatic carbocycles. The molecule has 0 saturated carbocycles. The quantitative estimate of drug-likeness (QED) is 0.842. The molecule has 2 aromatic rings. The molecule has 1 amide bonds. The van der Waals surface area contributed by atoms with Crippen molar-refractivity contribution >= 4 is 5.91 Å². The van der Waals surface area contributed by atoms with E-state index >= 15 is 0 Å². The molecular weight excluding hydrogens is 323 g/mol. The summed E-state index contributed by atoms with van der Waals surface area (Å²) in [5.41, 5.74) is 7.41. The molecular formula is C19H21FN2O3. The van der Waals surface area contributed by atoms with E-state index in [0.29, 0.717) is 43.2 Å². The van der Waals surface area contributed by atoms with Gasteiger partial charge in [0.2, 0.25) is 5.91 Å². The van der Waals surface area contributed by atoms with Crippen molar-refractivity contribution < 1.29 is 18.7 Å². The first-order valence-electron chi connectivity index (χ1n) is 8.26. The molecule has 0 fully saturated rings. The van der Waals surface area contributed by atoms with E-state index in [1.54, 1.807) is 18.2 Å². The van der Waals surface area contributed by atoms with E-state index in [0.717, 1.165) is 5.56 Å². The predicted octanol–water partition coefficient (Wildman–Crippen LogP) is 2.17. The van der Waals surface area contributed by atoms with Gasteiger partial charge in [0.1, 0.15) is 19.0 Å². The highest BCUT2D eigenvalue weighted by molar-refractivity contribution is 5.76. The van der Waals surface area contributed by atoms with Gasteiger partial charge in [-0.1, -0.05) is 24.3 Å². The summed E-state index contributed by atoms with van der Waals surface area (Å²) in [4.78, 5) is 12.0. The maximum absolute atomic E-state index is 13.6. The van der Waals surface area contributed by atoms with Crippen molar-refractivity contribution in [2.24, 2.45) is 5.73 Å². The van der Waals surface area contributed by atoms with Crippen LogP contribution in [-0.4, -0.2) is 25.2 Å². The van der Waals surface area contributed by atoms with E-state index in [1.807, 2.05) is 18.2 Å². The maximum atomic E-state index is 13.6. The van der Waals surface area contributed by atoms with E-state index in [1.165, 1.54) is 6.07 Å². The van der Waals surface area contributed by atoms with Gasteiger partial charge >= 0.3 is 0 Å². The molecule has 0 spiro atoms. The Bertz CT molecular complexity index is 751. The lowest BCUT2D eigenvalue weighted by Gasteiger charge is -2.19. The molecule has 3 N–H and O–H groups in total. The fourth-order valence-corrected chi connectivity index (χ4v) is 2.73. The first-order chi connectivity index (χ1) is 12.1. The largest absolute Gasteiger partial charge is 0.486 e. The maximum Gasteiger partial charge on any atom is 0.221 e. The molecule has 0 aromatic heterocycles. The molecule has 3 rings (SSSR count). The fraction of sp³-hybridized carbons (Fsp3) is 0.316. The van der Waals surface area contributed by atoms with Gasteiger partial charge in [-0.05, 0) is 35.7 Å². The standard InChI is InChI=1S/C19H21FN2O3/c20-16-4-2-1-3-14(16)10-15(21)11-19(23)22-12-13-5-6-17-18(9-13)25-8-7-24-17/h1-6,9,15H,7-8,10-12,21H2,(H,22,23)/t15-/m1/s1. The van der Waals surface area contributed by atoms with Gasteiger partial charge in [-0.25, -0.2) is 4.39 Å². The molecule has 1 heterocycles. The predicted molar refractivity (Wildman–Crippen MR) is 92.0 cm³/mol. The third-order valence-corrected chi connectivity index (χ3v) is 3.98. The number of ether oxygens (including phenoxy) is 2. The molecule has 132 valence electrons. The van der Waals surface area contributed by atoms with Crippen molar-refractivity contribution in [3.63, 3.8) is 0 Å². The van der Waals surface area contributed by atoms with Crippen LogP contribution in [0.3, 0.4) is 0 Å². The molecule has 1 atom stereocenters. The zero-order valence-electron chi connectivity index (χ0n) is 13.8. The summed E-state index contributed by atoms with van der Waals surface area (Å²) in [6.07, 6.45) is 0.461. The van der Waals surface area contributed by atoms with E-state index in [-0.39, 0.29) is 18.1 Å². The van der Waals surface area contributed by atoms with Gasteiger partial charge < -0.3 is 20.5 Å². The lowest BCUT2D eigenvalue weighted by Crippen LogP contribution is -2.33. The van der Waals surface area contributed by atoms with Crippen molar-refractivity contribution in [1.82, 2.24) is 5.32 Å². The lowest BCUT2D eigenvalue weighted by atomic mass is 10.0. The summed E-state index contributed by atoms with van der Waals surface area (Å²) in [5, 5.41) is 2.83.